The number of aliphatic imine (C=N–C) groups is 1. The van der Waals surface area contributed by atoms with Crippen molar-refractivity contribution in [2.75, 3.05) is 79.8 Å². The number of rotatable bonds is 11. The van der Waals surface area contributed by atoms with Gasteiger partial charge in [0.25, 0.3) is 29.5 Å². The Labute approximate surface area is 438 Å². The number of aromatic nitrogens is 10. The van der Waals surface area contributed by atoms with Gasteiger partial charge in [-0.05, 0) is 57.8 Å². The van der Waals surface area contributed by atoms with Crippen LogP contribution in [-0.2, 0) is 44.7 Å². The highest BCUT2D eigenvalue weighted by molar-refractivity contribution is 6.05. The average molecular weight is 1040 g/mol. The van der Waals surface area contributed by atoms with E-state index in [-0.39, 0.29) is 41.6 Å². The minimum atomic E-state index is -0.159. The van der Waals surface area contributed by atoms with Crippen LogP contribution in [0.3, 0.4) is 0 Å². The number of hydrazine groups is 2. The van der Waals surface area contributed by atoms with Crippen molar-refractivity contribution in [3.05, 3.63) is 91.1 Å². The van der Waals surface area contributed by atoms with Crippen LogP contribution in [0.4, 0.5) is 0 Å². The maximum atomic E-state index is 12.1. The van der Waals surface area contributed by atoms with E-state index in [9.17, 15) is 24.0 Å². The van der Waals surface area contributed by atoms with E-state index < -0.39 is 0 Å². The standard InChI is InChI=1S/C11H18N4O2.C11H17N3O2.C10H15N3O.C9H12N4O.C9H14N4O/c1-14-6-10(12-8-14)11(16)13-15-5-3-4-9(15)7-17-2;1-13-6-10(12-8-13)11(15)14-5-3-4-9(14)7-16-2;1-8-3-4-13(5-8)10(14)9-6-12(2)7-11-9;1-7-10-3-4-13(7)9(14)8-5-12(2)6-11-8;1-12-6-8(10-7-12)9(14)11-13-4-2-3-5-13/h6,8-9H,3-5,7H2,1-2H3,(H,13,16);6,8-9H,3-5,7H2,1-2H3;6-8H,3-5H2,1-2H3;5-6H,3-4H2,1-2H3;6-7H,2-5H2,1H3,(H,11,14)/t2*9-;;;/m00.../s1. The fourth-order valence-corrected chi connectivity index (χ4v) is 9.04. The first-order valence-electron chi connectivity index (χ1n) is 25.5. The second-order valence-electron chi connectivity index (χ2n) is 19.4. The predicted molar refractivity (Wildman–Crippen MR) is 278 cm³/mol. The van der Waals surface area contributed by atoms with Gasteiger partial charge in [0.1, 0.15) is 34.3 Å². The molecule has 408 valence electrons. The number of likely N-dealkylation sites (tertiary alicyclic amines) is 2. The van der Waals surface area contributed by atoms with Crippen LogP contribution < -0.4 is 10.9 Å². The SMILES string of the molecule is CC1=NCCN1C(=O)c1cn(C)cn1.CC1CCN(C(=O)c2cn(C)cn2)C1.COC[C@@H]1CCCN1C(=O)c1cn(C)cn1.COC[C@@H]1CCCN1NC(=O)c1cn(C)cn1.Cn1cnc(C(=O)NN2CCCC2)c1. The first-order valence-corrected chi connectivity index (χ1v) is 25.5. The lowest BCUT2D eigenvalue weighted by molar-refractivity contribution is 0.0605. The molecule has 10 heterocycles. The topological polar surface area (TPSA) is 246 Å². The number of ether oxygens (including phenoxy) is 2. The van der Waals surface area contributed by atoms with Crippen LogP contribution in [0.5, 0.6) is 0 Å². The van der Waals surface area contributed by atoms with E-state index in [0.29, 0.717) is 60.7 Å². The molecule has 4 saturated heterocycles. The molecule has 0 aliphatic carbocycles. The molecule has 5 amide bonds. The van der Waals surface area contributed by atoms with Crippen molar-refractivity contribution in [2.45, 2.75) is 70.9 Å². The number of nitrogens with zero attached hydrogens (tertiary/aromatic N) is 16. The molecule has 0 spiro atoms. The van der Waals surface area contributed by atoms with Gasteiger partial charge in [-0.2, -0.15) is 0 Å². The summed E-state index contributed by atoms with van der Waals surface area (Å²) in [4.78, 5) is 89.0. The number of carbonyl (C=O) groups is 5. The smallest absolute Gasteiger partial charge is 0.285 e. The van der Waals surface area contributed by atoms with Gasteiger partial charge >= 0.3 is 0 Å². The van der Waals surface area contributed by atoms with Crippen molar-refractivity contribution >= 4 is 35.4 Å². The number of hydrogen-bond donors (Lipinski definition) is 2. The van der Waals surface area contributed by atoms with Crippen LogP contribution >= 0.6 is 0 Å². The van der Waals surface area contributed by atoms with Crippen molar-refractivity contribution < 1.29 is 33.4 Å². The van der Waals surface area contributed by atoms with Crippen LogP contribution in [-0.4, -0.2) is 200 Å². The summed E-state index contributed by atoms with van der Waals surface area (Å²) >= 11 is 0. The van der Waals surface area contributed by atoms with Gasteiger partial charge in [0, 0.05) is 126 Å². The molecule has 0 bridgehead atoms. The fraction of sp³-hybridized carbons (Fsp3) is 0.580. The molecule has 10 rings (SSSR count). The Hall–Kier alpha value is -7.09. The number of nitrogens with one attached hydrogen (secondary N) is 2. The quantitative estimate of drug-likeness (QED) is 0.193. The lowest BCUT2D eigenvalue weighted by Gasteiger charge is -2.23. The molecule has 4 fully saturated rings. The molecule has 75 heavy (non-hydrogen) atoms. The Balaban J connectivity index is 0.000000153. The van der Waals surface area contributed by atoms with E-state index in [1.807, 2.05) is 62.0 Å². The normalized spacial score (nSPS) is 19.2. The Morgan fingerprint density at radius 3 is 1.48 bits per heavy atom. The summed E-state index contributed by atoms with van der Waals surface area (Å²) in [6, 6.07) is 0.479. The van der Waals surface area contributed by atoms with Gasteiger partial charge in [0.05, 0.1) is 63.5 Å². The largest absolute Gasteiger partial charge is 0.383 e. The van der Waals surface area contributed by atoms with Gasteiger partial charge in [-0.1, -0.05) is 6.92 Å². The fourth-order valence-electron chi connectivity index (χ4n) is 9.04. The summed E-state index contributed by atoms with van der Waals surface area (Å²) in [6.07, 6.45) is 24.4. The van der Waals surface area contributed by atoms with E-state index in [1.165, 1.54) is 0 Å². The zero-order valence-corrected chi connectivity index (χ0v) is 45.0. The van der Waals surface area contributed by atoms with Crippen LogP contribution in [0.25, 0.3) is 0 Å². The first kappa shape index (κ1) is 57.2. The molecule has 1 unspecified atom stereocenters. The number of amides is 5. The second kappa shape index (κ2) is 28.0. The Kier molecular flexibility index (Phi) is 21.3. The summed E-state index contributed by atoms with van der Waals surface area (Å²) in [5, 5.41) is 3.89. The van der Waals surface area contributed by atoms with Crippen molar-refractivity contribution in [3.8, 4) is 0 Å². The van der Waals surface area contributed by atoms with Gasteiger partial charge in [-0.3, -0.25) is 44.7 Å². The van der Waals surface area contributed by atoms with Crippen molar-refractivity contribution in [1.82, 2.24) is 83.3 Å². The molecular weight excluding hydrogens is 965 g/mol. The van der Waals surface area contributed by atoms with E-state index >= 15 is 0 Å². The van der Waals surface area contributed by atoms with Crippen molar-refractivity contribution in [1.29, 1.82) is 0 Å². The highest BCUT2D eigenvalue weighted by Gasteiger charge is 2.31. The third-order valence-corrected chi connectivity index (χ3v) is 13.0. The minimum Gasteiger partial charge on any atom is -0.383 e. The van der Waals surface area contributed by atoms with E-state index in [1.54, 1.807) is 105 Å². The van der Waals surface area contributed by atoms with Crippen LogP contribution in [0, 0.1) is 5.92 Å². The molecular formula is C50H76N18O7. The number of imidazole rings is 5. The van der Waals surface area contributed by atoms with Gasteiger partial charge < -0.3 is 42.1 Å². The molecule has 25 heteroatoms. The number of hydrogen-bond acceptors (Lipinski definition) is 15. The van der Waals surface area contributed by atoms with E-state index in [2.05, 4.69) is 47.7 Å². The highest BCUT2D eigenvalue weighted by Crippen LogP contribution is 2.20. The molecule has 5 aliphatic rings. The lowest BCUT2D eigenvalue weighted by atomic mass is 10.2. The predicted octanol–water partition coefficient (Wildman–Crippen LogP) is 2.20. The van der Waals surface area contributed by atoms with Crippen LogP contribution in [0.2, 0.25) is 0 Å². The van der Waals surface area contributed by atoms with Crippen molar-refractivity contribution in [2.24, 2.45) is 46.1 Å². The van der Waals surface area contributed by atoms with Gasteiger partial charge in [-0.15, -0.1) is 0 Å². The van der Waals surface area contributed by atoms with Crippen LogP contribution in [0.1, 0.15) is 111 Å². The maximum Gasteiger partial charge on any atom is 0.285 e. The zero-order chi connectivity index (χ0) is 54.0. The van der Waals surface area contributed by atoms with Gasteiger partial charge in [0.15, 0.2) is 0 Å². The molecule has 5 aliphatic heterocycles. The lowest BCUT2D eigenvalue weighted by Crippen LogP contribution is -2.46. The Morgan fingerprint density at radius 2 is 1.01 bits per heavy atom. The maximum absolute atomic E-state index is 12.1. The van der Waals surface area contributed by atoms with E-state index in [4.69, 9.17) is 9.47 Å². The number of amidine groups is 1. The molecule has 0 saturated carbocycles. The summed E-state index contributed by atoms with van der Waals surface area (Å²) in [6.45, 7) is 11.9. The molecule has 25 nitrogen and oxygen atoms in total. The molecule has 0 aromatic carbocycles. The highest BCUT2D eigenvalue weighted by atomic mass is 16.5. The molecule has 5 aromatic heterocycles. The van der Waals surface area contributed by atoms with Crippen LogP contribution in [0.15, 0.2) is 67.6 Å². The monoisotopic (exact) mass is 1040 g/mol. The van der Waals surface area contributed by atoms with Gasteiger partial charge in [0.2, 0.25) is 0 Å². The minimum absolute atomic E-state index is 0.0140. The molecule has 3 atom stereocenters. The Morgan fingerprint density at radius 1 is 0.547 bits per heavy atom. The number of carbonyl (C=O) groups excluding carboxylic acids is 5. The zero-order valence-electron chi connectivity index (χ0n) is 45.0. The first-order chi connectivity index (χ1) is 36.0. The summed E-state index contributed by atoms with van der Waals surface area (Å²) in [5.41, 5.74) is 8.17. The Bertz CT molecular complexity index is 2660. The number of methoxy groups -OCH3 is 2. The molecule has 5 aromatic rings. The van der Waals surface area contributed by atoms with Crippen molar-refractivity contribution in [3.63, 3.8) is 0 Å². The molecule has 0 radical (unpaired) electrons. The molecule has 2 N–H and O–H groups in total. The summed E-state index contributed by atoms with van der Waals surface area (Å²) < 4.78 is 19.1. The van der Waals surface area contributed by atoms with Gasteiger partial charge in [-0.25, -0.2) is 34.9 Å². The average Bonchev–Trinajstić information content (AvgIpc) is 4.22. The third-order valence-electron chi connectivity index (χ3n) is 13.0. The van der Waals surface area contributed by atoms with E-state index in [0.717, 1.165) is 90.0 Å². The second-order valence-corrected chi connectivity index (χ2v) is 19.4. The number of aryl methyl sites for hydroxylation is 5. The third kappa shape index (κ3) is 16.7. The summed E-state index contributed by atoms with van der Waals surface area (Å²) in [5.74, 6) is 1.14. The summed E-state index contributed by atoms with van der Waals surface area (Å²) in [7, 11) is 12.6.